The van der Waals surface area contributed by atoms with Crippen LogP contribution < -0.4 is 0 Å². The molecule has 2 rings (SSSR count). The lowest BCUT2D eigenvalue weighted by molar-refractivity contribution is -0.125. The number of β-amino-alcohol motifs (C(OH)–C–C–N with tert-alkyl or cyclic N) is 1. The minimum Gasteiger partial charge on any atom is -0.395 e. The Labute approximate surface area is 84.5 Å². The van der Waals surface area contributed by atoms with E-state index < -0.39 is 0 Å². The molecule has 2 aliphatic heterocycles. The Morgan fingerprint density at radius 1 is 1.50 bits per heavy atom. The van der Waals surface area contributed by atoms with Gasteiger partial charge in [-0.1, -0.05) is 0 Å². The van der Waals surface area contributed by atoms with E-state index >= 15 is 0 Å². The molecule has 0 spiro atoms. The third kappa shape index (κ3) is 1.69. The zero-order chi connectivity index (χ0) is 10.1. The van der Waals surface area contributed by atoms with Crippen molar-refractivity contribution < 1.29 is 9.90 Å². The Balaban J connectivity index is 2.10. The first kappa shape index (κ1) is 10.1. The van der Waals surface area contributed by atoms with E-state index in [0.29, 0.717) is 12.6 Å². The normalized spacial score (nSPS) is 37.4. The Kier molecular flexibility index (Phi) is 2.85. The van der Waals surface area contributed by atoms with Crippen LogP contribution in [-0.4, -0.2) is 65.6 Å². The van der Waals surface area contributed by atoms with Gasteiger partial charge in [0.2, 0.25) is 0 Å². The van der Waals surface area contributed by atoms with E-state index in [9.17, 15) is 4.79 Å². The van der Waals surface area contributed by atoms with E-state index in [4.69, 9.17) is 5.11 Å². The summed E-state index contributed by atoms with van der Waals surface area (Å²) in [5.41, 5.74) is 0. The maximum atomic E-state index is 11.5. The molecule has 1 N–H and O–H groups in total. The van der Waals surface area contributed by atoms with E-state index in [1.165, 1.54) is 0 Å². The van der Waals surface area contributed by atoms with Gasteiger partial charge in [0.25, 0.3) is 0 Å². The summed E-state index contributed by atoms with van der Waals surface area (Å²) in [6.45, 7) is 5.48. The van der Waals surface area contributed by atoms with Gasteiger partial charge >= 0.3 is 0 Å². The highest BCUT2D eigenvalue weighted by molar-refractivity contribution is 5.82. The second-order valence-corrected chi connectivity index (χ2v) is 4.29. The largest absolute Gasteiger partial charge is 0.395 e. The molecular formula is C10H18N2O2. The predicted octanol–water partition coefficient (Wildman–Crippen LogP) is -0.674. The molecule has 0 aromatic carbocycles. The molecule has 2 bridgehead atoms. The highest BCUT2D eigenvalue weighted by atomic mass is 16.3. The number of carbonyl (C=O) groups is 1. The zero-order valence-electron chi connectivity index (χ0n) is 8.65. The van der Waals surface area contributed by atoms with Gasteiger partial charge in [0.05, 0.1) is 12.6 Å². The van der Waals surface area contributed by atoms with Crippen molar-refractivity contribution in [3.63, 3.8) is 0 Å². The molecule has 3 atom stereocenters. The van der Waals surface area contributed by atoms with Crippen molar-refractivity contribution in [1.82, 2.24) is 9.80 Å². The molecule has 4 heteroatoms. The van der Waals surface area contributed by atoms with Gasteiger partial charge in [-0.3, -0.25) is 14.6 Å². The van der Waals surface area contributed by atoms with Crippen LogP contribution in [0.3, 0.4) is 0 Å². The molecule has 2 fully saturated rings. The summed E-state index contributed by atoms with van der Waals surface area (Å²) < 4.78 is 0. The van der Waals surface area contributed by atoms with Crippen LogP contribution in [0.5, 0.6) is 0 Å². The van der Waals surface area contributed by atoms with Gasteiger partial charge in [0.15, 0.2) is 0 Å². The number of Topliss-reactive ketones (excluding diaryl/α,β-unsaturated/α-hetero) is 1. The first-order valence-corrected chi connectivity index (χ1v) is 5.32. The van der Waals surface area contributed by atoms with E-state index in [1.54, 1.807) is 6.92 Å². The third-order valence-electron chi connectivity index (χ3n) is 3.38. The van der Waals surface area contributed by atoms with Crippen LogP contribution >= 0.6 is 0 Å². The number of hydrogen-bond donors (Lipinski definition) is 1. The lowest BCUT2D eigenvalue weighted by atomic mass is 10.1. The van der Waals surface area contributed by atoms with Gasteiger partial charge in [0.1, 0.15) is 5.78 Å². The summed E-state index contributed by atoms with van der Waals surface area (Å²) >= 11 is 0. The van der Waals surface area contributed by atoms with Crippen molar-refractivity contribution in [1.29, 1.82) is 0 Å². The molecule has 80 valence electrons. The van der Waals surface area contributed by atoms with Crippen molar-refractivity contribution in [3.05, 3.63) is 0 Å². The van der Waals surface area contributed by atoms with Gasteiger partial charge in [-0.15, -0.1) is 0 Å². The highest BCUT2D eigenvalue weighted by Gasteiger charge is 2.39. The van der Waals surface area contributed by atoms with Gasteiger partial charge in [-0.25, -0.2) is 0 Å². The van der Waals surface area contributed by atoms with Crippen LogP contribution in [0.1, 0.15) is 13.3 Å². The van der Waals surface area contributed by atoms with Gasteiger partial charge in [-0.2, -0.15) is 0 Å². The fraction of sp³-hybridized carbons (Fsp3) is 0.900. The standard InChI is InChI=1S/C10H18N2O2/c1-8(14)10-7-11-3-2-9(6-11)12(10)4-5-13/h9-10,13H,2-7H2,1H3. The molecule has 2 heterocycles. The number of carbonyl (C=O) groups excluding carboxylic acids is 1. The minimum atomic E-state index is 0.0170. The van der Waals surface area contributed by atoms with Crippen molar-refractivity contribution in [2.45, 2.75) is 25.4 Å². The Bertz CT molecular complexity index is 232. The molecule has 2 aliphatic rings. The molecule has 0 aromatic rings. The second-order valence-electron chi connectivity index (χ2n) is 4.29. The summed E-state index contributed by atoms with van der Waals surface area (Å²) in [5.74, 6) is 0.232. The predicted molar refractivity (Wildman–Crippen MR) is 53.1 cm³/mol. The molecule has 0 aliphatic carbocycles. The molecule has 0 amide bonds. The molecular weight excluding hydrogens is 180 g/mol. The first-order valence-electron chi connectivity index (χ1n) is 5.32. The molecule has 4 nitrogen and oxygen atoms in total. The van der Waals surface area contributed by atoms with Gasteiger partial charge < -0.3 is 5.11 Å². The van der Waals surface area contributed by atoms with E-state index in [1.807, 2.05) is 0 Å². The Morgan fingerprint density at radius 2 is 2.29 bits per heavy atom. The number of hydrogen-bond acceptors (Lipinski definition) is 4. The summed E-state index contributed by atoms with van der Waals surface area (Å²) in [6, 6.07) is 0.508. The monoisotopic (exact) mass is 198 g/mol. The number of rotatable bonds is 3. The van der Waals surface area contributed by atoms with Crippen LogP contribution in [-0.2, 0) is 4.79 Å². The number of piperazine rings is 1. The fourth-order valence-corrected chi connectivity index (χ4v) is 2.67. The maximum absolute atomic E-state index is 11.5. The third-order valence-corrected chi connectivity index (χ3v) is 3.38. The van der Waals surface area contributed by atoms with Gasteiger partial charge in [-0.05, 0) is 19.9 Å². The number of fused-ring (bicyclic) bond motifs is 2. The van der Waals surface area contributed by atoms with Crippen molar-refractivity contribution in [2.75, 3.05) is 32.8 Å². The van der Waals surface area contributed by atoms with Crippen LogP contribution in [0.4, 0.5) is 0 Å². The summed E-state index contributed by atoms with van der Waals surface area (Å²) in [5, 5.41) is 8.98. The molecule has 14 heavy (non-hydrogen) atoms. The number of aliphatic hydroxyl groups is 1. The number of nitrogens with zero attached hydrogens (tertiary/aromatic N) is 2. The quantitative estimate of drug-likeness (QED) is 0.653. The maximum Gasteiger partial charge on any atom is 0.148 e. The van der Waals surface area contributed by atoms with Crippen LogP contribution in [0.15, 0.2) is 0 Å². The molecule has 0 saturated carbocycles. The second kappa shape index (κ2) is 3.96. The smallest absolute Gasteiger partial charge is 0.148 e. The average Bonchev–Trinajstić information content (AvgIpc) is 2.53. The van der Waals surface area contributed by atoms with Gasteiger partial charge in [0, 0.05) is 25.7 Å². The highest BCUT2D eigenvalue weighted by Crippen LogP contribution is 2.24. The molecule has 0 aromatic heterocycles. The summed E-state index contributed by atoms with van der Waals surface area (Å²) in [7, 11) is 0. The van der Waals surface area contributed by atoms with E-state index in [-0.39, 0.29) is 18.4 Å². The molecule has 0 radical (unpaired) electrons. The first-order chi connectivity index (χ1) is 6.72. The van der Waals surface area contributed by atoms with Crippen molar-refractivity contribution in [2.24, 2.45) is 0 Å². The topological polar surface area (TPSA) is 43.8 Å². The molecule has 2 saturated heterocycles. The lowest BCUT2D eigenvalue weighted by Crippen LogP contribution is -2.57. The molecule has 3 unspecified atom stereocenters. The SMILES string of the molecule is CC(=O)C1CN2CCC(C2)N1CCO. The van der Waals surface area contributed by atoms with Crippen LogP contribution in [0.2, 0.25) is 0 Å². The van der Waals surface area contributed by atoms with E-state index in [2.05, 4.69) is 9.80 Å². The van der Waals surface area contributed by atoms with Crippen molar-refractivity contribution in [3.8, 4) is 0 Å². The lowest BCUT2D eigenvalue weighted by Gasteiger charge is -2.39. The van der Waals surface area contributed by atoms with Crippen molar-refractivity contribution >= 4 is 5.78 Å². The van der Waals surface area contributed by atoms with E-state index in [0.717, 1.165) is 26.1 Å². The zero-order valence-corrected chi connectivity index (χ0v) is 8.65. The van der Waals surface area contributed by atoms with Crippen LogP contribution in [0.25, 0.3) is 0 Å². The summed E-state index contributed by atoms with van der Waals surface area (Å²) in [6.07, 6.45) is 1.14. The average molecular weight is 198 g/mol. The van der Waals surface area contributed by atoms with Crippen LogP contribution in [0, 0.1) is 0 Å². The number of aliphatic hydroxyl groups excluding tert-OH is 1. The number of ketones is 1. The fourth-order valence-electron chi connectivity index (χ4n) is 2.67. The summed E-state index contributed by atoms with van der Waals surface area (Å²) in [4.78, 5) is 16.0. The minimum absolute atomic E-state index is 0.0170. The Hall–Kier alpha value is -0.450. The Morgan fingerprint density at radius 3 is 2.93 bits per heavy atom.